The van der Waals surface area contributed by atoms with Gasteiger partial charge in [-0.2, -0.15) is 0 Å². The fourth-order valence-electron chi connectivity index (χ4n) is 3.12. The summed E-state index contributed by atoms with van der Waals surface area (Å²) >= 11 is 0. The van der Waals surface area contributed by atoms with E-state index in [9.17, 15) is 28.8 Å². The summed E-state index contributed by atoms with van der Waals surface area (Å²) in [7, 11) is 0. The van der Waals surface area contributed by atoms with Crippen molar-refractivity contribution < 1.29 is 47.7 Å². The van der Waals surface area contributed by atoms with Crippen LogP contribution in [-0.2, 0) is 47.7 Å². The van der Waals surface area contributed by atoms with Gasteiger partial charge in [0, 0.05) is 18.3 Å². The van der Waals surface area contributed by atoms with Crippen LogP contribution in [0.3, 0.4) is 0 Å². The number of aromatic nitrogens is 1. The summed E-state index contributed by atoms with van der Waals surface area (Å²) in [5.41, 5.74) is 0.0939. The van der Waals surface area contributed by atoms with Crippen molar-refractivity contribution in [2.45, 2.75) is 33.6 Å². The molecule has 0 N–H and O–H groups in total. The first-order valence-corrected chi connectivity index (χ1v) is 10.4. The molecule has 1 aromatic rings. The lowest BCUT2D eigenvalue weighted by Crippen LogP contribution is -2.46. The Morgan fingerprint density at radius 2 is 1.03 bits per heavy atom. The second-order valence-corrected chi connectivity index (χ2v) is 6.44. The number of hydrogen-bond donors (Lipinski definition) is 0. The van der Waals surface area contributed by atoms with Crippen molar-refractivity contribution in [1.29, 1.82) is 0 Å². The number of Topliss-reactive ketones (excluding diaryl/α,β-unsaturated/α-hetero) is 2. The summed E-state index contributed by atoms with van der Waals surface area (Å²) in [5, 5.41) is 0. The van der Waals surface area contributed by atoms with E-state index in [1.54, 1.807) is 0 Å². The Morgan fingerprint density at radius 1 is 0.667 bits per heavy atom. The first kappa shape index (κ1) is 27.4. The van der Waals surface area contributed by atoms with Crippen molar-refractivity contribution in [3.05, 3.63) is 30.1 Å². The number of carbonyl (C=O) groups is 6. The highest BCUT2D eigenvalue weighted by atomic mass is 16.6. The minimum Gasteiger partial charge on any atom is -0.465 e. The summed E-state index contributed by atoms with van der Waals surface area (Å²) in [6, 6.07) is 2.67. The van der Waals surface area contributed by atoms with E-state index in [-0.39, 0.29) is 32.0 Å². The molecule has 180 valence electrons. The molecule has 1 rings (SSSR count). The van der Waals surface area contributed by atoms with Gasteiger partial charge < -0.3 is 18.9 Å². The van der Waals surface area contributed by atoms with Crippen LogP contribution in [-0.4, -0.2) is 66.9 Å². The molecule has 0 aliphatic heterocycles. The van der Waals surface area contributed by atoms with Gasteiger partial charge in [0.25, 0.3) is 11.6 Å². The van der Waals surface area contributed by atoms with E-state index in [1.807, 2.05) is 0 Å². The molecule has 0 aliphatic carbocycles. The van der Waals surface area contributed by atoms with Gasteiger partial charge in [-0.3, -0.25) is 24.2 Å². The molecule has 0 unspecified atom stereocenters. The van der Waals surface area contributed by atoms with Crippen LogP contribution in [0.5, 0.6) is 0 Å². The van der Waals surface area contributed by atoms with E-state index < -0.39 is 53.2 Å². The SMILES string of the molecule is CCOC(=O)C(=O)[C@H](C(=O)OCC)C(c1ccncc1)[C@@H](C(=O)OCC)C(=O)C(=O)OCC. The zero-order valence-corrected chi connectivity index (χ0v) is 18.9. The van der Waals surface area contributed by atoms with Gasteiger partial charge in [0.05, 0.1) is 26.4 Å². The molecule has 0 radical (unpaired) electrons. The van der Waals surface area contributed by atoms with Crippen LogP contribution >= 0.6 is 0 Å². The normalized spacial score (nSPS) is 12.3. The quantitative estimate of drug-likeness (QED) is 0.176. The monoisotopic (exact) mass is 465 g/mol. The van der Waals surface area contributed by atoms with Crippen LogP contribution < -0.4 is 0 Å². The third kappa shape index (κ3) is 7.19. The Morgan fingerprint density at radius 3 is 1.36 bits per heavy atom. The largest absolute Gasteiger partial charge is 0.465 e. The van der Waals surface area contributed by atoms with Crippen LogP contribution in [0.1, 0.15) is 39.2 Å². The summed E-state index contributed by atoms with van der Waals surface area (Å²) in [6.07, 6.45) is 2.58. The number of ether oxygens (including phenoxy) is 4. The molecule has 0 amide bonds. The minimum atomic E-state index is -1.99. The highest BCUT2D eigenvalue weighted by Crippen LogP contribution is 2.36. The van der Waals surface area contributed by atoms with Crippen molar-refractivity contribution >= 4 is 35.4 Å². The Balaban J connectivity index is 3.79. The molecule has 0 aliphatic rings. The summed E-state index contributed by atoms with van der Waals surface area (Å²) in [4.78, 5) is 80.1. The molecule has 11 heteroatoms. The van der Waals surface area contributed by atoms with Crippen LogP contribution in [0.25, 0.3) is 0 Å². The average molecular weight is 465 g/mol. The molecule has 0 saturated heterocycles. The van der Waals surface area contributed by atoms with Crippen LogP contribution in [0.4, 0.5) is 0 Å². The molecule has 0 saturated carbocycles. The standard InChI is InChI=1S/C22H27NO10/c1-5-30-19(26)15(17(24)21(28)32-7-3)14(13-9-11-23-12-10-13)16(20(27)31-6-2)18(25)22(29)33-8-4/h9-12,14-16H,5-8H2,1-4H3/t15-,16-/m1/s1. The number of nitrogens with zero attached hydrogens (tertiary/aromatic N) is 1. The Labute approximate surface area is 190 Å². The lowest BCUT2D eigenvalue weighted by atomic mass is 9.73. The molecular weight excluding hydrogens is 438 g/mol. The number of rotatable bonds is 13. The van der Waals surface area contributed by atoms with Crippen LogP contribution in [0.15, 0.2) is 24.5 Å². The second kappa shape index (κ2) is 13.7. The number of esters is 4. The van der Waals surface area contributed by atoms with Gasteiger partial charge in [-0.25, -0.2) is 9.59 Å². The van der Waals surface area contributed by atoms with E-state index in [0.717, 1.165) is 0 Å². The van der Waals surface area contributed by atoms with Gasteiger partial charge in [-0.1, -0.05) is 0 Å². The fraction of sp³-hybridized carbons (Fsp3) is 0.500. The van der Waals surface area contributed by atoms with Gasteiger partial charge in [-0.05, 0) is 45.4 Å². The Kier molecular flexibility index (Phi) is 11.4. The van der Waals surface area contributed by atoms with Crippen LogP contribution in [0.2, 0.25) is 0 Å². The maximum atomic E-state index is 13.0. The smallest absolute Gasteiger partial charge is 0.375 e. The number of hydrogen-bond acceptors (Lipinski definition) is 11. The zero-order valence-electron chi connectivity index (χ0n) is 18.9. The van der Waals surface area contributed by atoms with Crippen molar-refractivity contribution in [3.63, 3.8) is 0 Å². The average Bonchev–Trinajstić information content (AvgIpc) is 2.79. The highest BCUT2D eigenvalue weighted by molar-refractivity contribution is 6.40. The second-order valence-electron chi connectivity index (χ2n) is 6.44. The Hall–Kier alpha value is -3.63. The molecule has 1 aromatic heterocycles. The molecule has 2 atom stereocenters. The van der Waals surface area contributed by atoms with E-state index in [0.29, 0.717) is 0 Å². The Bertz CT molecular complexity index is 815. The molecule has 11 nitrogen and oxygen atoms in total. The lowest BCUT2D eigenvalue weighted by molar-refractivity contribution is -0.168. The minimum absolute atomic E-state index is 0.0939. The highest BCUT2D eigenvalue weighted by Gasteiger charge is 2.51. The first-order chi connectivity index (χ1) is 15.7. The molecule has 0 spiro atoms. The van der Waals surface area contributed by atoms with Crippen molar-refractivity contribution in [2.75, 3.05) is 26.4 Å². The van der Waals surface area contributed by atoms with E-state index in [2.05, 4.69) is 4.98 Å². The predicted molar refractivity (Wildman–Crippen MR) is 111 cm³/mol. The maximum Gasteiger partial charge on any atom is 0.375 e. The molecule has 1 heterocycles. The molecule has 0 fully saturated rings. The van der Waals surface area contributed by atoms with Crippen molar-refractivity contribution in [2.24, 2.45) is 11.8 Å². The number of carbonyl (C=O) groups excluding carboxylic acids is 6. The predicted octanol–water partition coefficient (Wildman–Crippen LogP) is 0.788. The van der Waals surface area contributed by atoms with E-state index in [4.69, 9.17) is 18.9 Å². The summed E-state index contributed by atoms with van der Waals surface area (Å²) < 4.78 is 19.4. The van der Waals surface area contributed by atoms with Crippen molar-refractivity contribution in [3.8, 4) is 0 Å². The molecule has 0 bridgehead atoms. The van der Waals surface area contributed by atoms with E-state index in [1.165, 1.54) is 52.2 Å². The molecule has 33 heavy (non-hydrogen) atoms. The van der Waals surface area contributed by atoms with Gasteiger partial charge in [0.1, 0.15) is 11.8 Å². The number of pyridine rings is 1. The fourth-order valence-corrected chi connectivity index (χ4v) is 3.12. The molecule has 0 aromatic carbocycles. The summed E-state index contributed by atoms with van der Waals surface area (Å²) in [5.74, 6) is -13.4. The zero-order chi connectivity index (χ0) is 25.0. The number of ketones is 2. The van der Waals surface area contributed by atoms with E-state index >= 15 is 0 Å². The molecular formula is C22H27NO10. The lowest BCUT2D eigenvalue weighted by Gasteiger charge is -2.29. The first-order valence-electron chi connectivity index (χ1n) is 10.4. The van der Waals surface area contributed by atoms with Gasteiger partial charge >= 0.3 is 23.9 Å². The topological polar surface area (TPSA) is 152 Å². The maximum absolute atomic E-state index is 13.0. The third-order valence-electron chi connectivity index (χ3n) is 4.41. The summed E-state index contributed by atoms with van der Waals surface area (Å²) in [6.45, 7) is 5.20. The van der Waals surface area contributed by atoms with Gasteiger partial charge in [0.2, 0.25) is 0 Å². The third-order valence-corrected chi connectivity index (χ3v) is 4.41. The van der Waals surface area contributed by atoms with Gasteiger partial charge in [-0.15, -0.1) is 0 Å². The van der Waals surface area contributed by atoms with Crippen LogP contribution in [0, 0.1) is 11.8 Å². The van der Waals surface area contributed by atoms with Crippen molar-refractivity contribution in [1.82, 2.24) is 4.98 Å². The van der Waals surface area contributed by atoms with Gasteiger partial charge in [0.15, 0.2) is 0 Å².